The molecular weight excluding hydrogens is 340 g/mol. The SMILES string of the molecule is O=C(c1cccnc1)N(Cc1ccccc1)Cc1ccc2c(c1)OCCO2. The van der Waals surface area contributed by atoms with Gasteiger partial charge in [0, 0.05) is 25.5 Å². The van der Waals surface area contributed by atoms with Gasteiger partial charge in [0.15, 0.2) is 11.5 Å². The predicted octanol–water partition coefficient (Wildman–Crippen LogP) is 3.70. The molecule has 0 atom stereocenters. The Bertz CT molecular complexity index is 913. The van der Waals surface area contributed by atoms with Crippen molar-refractivity contribution >= 4 is 5.91 Å². The summed E-state index contributed by atoms with van der Waals surface area (Å²) in [5.41, 5.74) is 2.64. The number of pyridine rings is 1. The maximum Gasteiger partial charge on any atom is 0.256 e. The maximum absolute atomic E-state index is 13.1. The molecule has 0 bridgehead atoms. The lowest BCUT2D eigenvalue weighted by Crippen LogP contribution is -2.30. The fourth-order valence-electron chi connectivity index (χ4n) is 3.08. The van der Waals surface area contributed by atoms with E-state index in [1.807, 2.05) is 53.4 Å². The standard InChI is InChI=1S/C22H20N2O3/c25-22(19-7-4-10-23-14-19)24(15-17-5-2-1-3-6-17)16-18-8-9-20-21(13-18)27-12-11-26-20/h1-10,13-14H,11-12,15-16H2. The summed E-state index contributed by atoms with van der Waals surface area (Å²) >= 11 is 0. The lowest BCUT2D eigenvalue weighted by Gasteiger charge is -2.24. The zero-order valence-electron chi connectivity index (χ0n) is 14.9. The Balaban J connectivity index is 1.60. The van der Waals surface area contributed by atoms with Crippen LogP contribution >= 0.6 is 0 Å². The van der Waals surface area contributed by atoms with Gasteiger partial charge in [0.25, 0.3) is 5.91 Å². The van der Waals surface area contributed by atoms with Gasteiger partial charge in [-0.1, -0.05) is 36.4 Å². The molecule has 1 aliphatic heterocycles. The first-order valence-electron chi connectivity index (χ1n) is 8.91. The summed E-state index contributed by atoms with van der Waals surface area (Å²) in [6, 6.07) is 19.4. The van der Waals surface area contributed by atoms with Crippen molar-refractivity contribution in [3.63, 3.8) is 0 Å². The number of nitrogens with zero attached hydrogens (tertiary/aromatic N) is 2. The van der Waals surface area contributed by atoms with E-state index in [1.165, 1.54) is 0 Å². The first kappa shape index (κ1) is 17.1. The van der Waals surface area contributed by atoms with Gasteiger partial charge in [-0.25, -0.2) is 0 Å². The van der Waals surface area contributed by atoms with Crippen LogP contribution in [0, 0.1) is 0 Å². The van der Waals surface area contributed by atoms with E-state index in [1.54, 1.807) is 24.5 Å². The zero-order chi connectivity index (χ0) is 18.5. The van der Waals surface area contributed by atoms with Crippen LogP contribution in [0.2, 0.25) is 0 Å². The maximum atomic E-state index is 13.1. The number of amides is 1. The molecule has 0 radical (unpaired) electrons. The molecule has 2 aromatic carbocycles. The van der Waals surface area contributed by atoms with Gasteiger partial charge >= 0.3 is 0 Å². The highest BCUT2D eigenvalue weighted by Crippen LogP contribution is 2.31. The lowest BCUT2D eigenvalue weighted by atomic mass is 10.1. The summed E-state index contributed by atoms with van der Waals surface area (Å²) in [6.07, 6.45) is 3.27. The Hall–Kier alpha value is -3.34. The second-order valence-electron chi connectivity index (χ2n) is 6.37. The lowest BCUT2D eigenvalue weighted by molar-refractivity contribution is 0.0729. The molecule has 5 nitrogen and oxygen atoms in total. The van der Waals surface area contributed by atoms with Crippen molar-refractivity contribution < 1.29 is 14.3 Å². The van der Waals surface area contributed by atoms with Gasteiger partial charge in [0.05, 0.1) is 5.56 Å². The van der Waals surface area contributed by atoms with Crippen LogP contribution in [0.4, 0.5) is 0 Å². The first-order chi connectivity index (χ1) is 13.3. The van der Waals surface area contributed by atoms with E-state index in [0.29, 0.717) is 31.9 Å². The van der Waals surface area contributed by atoms with Crippen LogP contribution in [0.15, 0.2) is 73.1 Å². The fraction of sp³-hybridized carbons (Fsp3) is 0.182. The average Bonchev–Trinajstić information content (AvgIpc) is 2.74. The smallest absolute Gasteiger partial charge is 0.256 e. The summed E-state index contributed by atoms with van der Waals surface area (Å²) in [7, 11) is 0. The second-order valence-corrected chi connectivity index (χ2v) is 6.37. The van der Waals surface area contributed by atoms with Gasteiger partial charge in [0.2, 0.25) is 0 Å². The molecule has 0 saturated heterocycles. The number of hydrogen-bond acceptors (Lipinski definition) is 4. The predicted molar refractivity (Wildman–Crippen MR) is 102 cm³/mol. The molecule has 1 amide bonds. The molecule has 5 heteroatoms. The van der Waals surface area contributed by atoms with Gasteiger partial charge in [-0.05, 0) is 35.4 Å². The number of benzene rings is 2. The van der Waals surface area contributed by atoms with E-state index in [2.05, 4.69) is 4.98 Å². The van der Waals surface area contributed by atoms with Crippen molar-refractivity contribution in [2.24, 2.45) is 0 Å². The minimum Gasteiger partial charge on any atom is -0.486 e. The molecule has 0 saturated carbocycles. The summed E-state index contributed by atoms with van der Waals surface area (Å²) in [4.78, 5) is 19.0. The fourth-order valence-corrected chi connectivity index (χ4v) is 3.08. The molecule has 0 unspecified atom stereocenters. The van der Waals surface area contributed by atoms with Crippen LogP contribution in [0.3, 0.4) is 0 Å². The Morgan fingerprint density at radius 3 is 2.44 bits per heavy atom. The van der Waals surface area contributed by atoms with Crippen LogP contribution in [-0.2, 0) is 13.1 Å². The monoisotopic (exact) mass is 360 g/mol. The van der Waals surface area contributed by atoms with Crippen LogP contribution in [0.25, 0.3) is 0 Å². The topological polar surface area (TPSA) is 51.7 Å². The summed E-state index contributed by atoms with van der Waals surface area (Å²) < 4.78 is 11.3. The molecule has 2 heterocycles. The quantitative estimate of drug-likeness (QED) is 0.696. The van der Waals surface area contributed by atoms with Gasteiger partial charge in [0.1, 0.15) is 13.2 Å². The number of aromatic nitrogens is 1. The van der Waals surface area contributed by atoms with E-state index in [4.69, 9.17) is 9.47 Å². The molecule has 1 aromatic heterocycles. The number of hydrogen-bond donors (Lipinski definition) is 0. The Morgan fingerprint density at radius 1 is 0.889 bits per heavy atom. The number of fused-ring (bicyclic) bond motifs is 1. The minimum absolute atomic E-state index is 0.0538. The van der Waals surface area contributed by atoms with Crippen molar-refractivity contribution in [1.82, 2.24) is 9.88 Å². The molecular formula is C22H20N2O3. The van der Waals surface area contributed by atoms with Crippen LogP contribution in [-0.4, -0.2) is 29.0 Å². The van der Waals surface area contributed by atoms with E-state index >= 15 is 0 Å². The molecule has 3 aromatic rings. The largest absolute Gasteiger partial charge is 0.486 e. The minimum atomic E-state index is -0.0538. The highest BCUT2D eigenvalue weighted by atomic mass is 16.6. The Morgan fingerprint density at radius 2 is 1.67 bits per heavy atom. The summed E-state index contributed by atoms with van der Waals surface area (Å²) in [5, 5.41) is 0. The van der Waals surface area contributed by atoms with Crippen molar-refractivity contribution in [2.45, 2.75) is 13.1 Å². The van der Waals surface area contributed by atoms with E-state index in [0.717, 1.165) is 22.6 Å². The van der Waals surface area contributed by atoms with Crippen LogP contribution in [0.5, 0.6) is 11.5 Å². The highest BCUT2D eigenvalue weighted by Gasteiger charge is 2.19. The van der Waals surface area contributed by atoms with Crippen LogP contribution in [0.1, 0.15) is 21.5 Å². The summed E-state index contributed by atoms with van der Waals surface area (Å²) in [5.74, 6) is 1.42. The molecule has 136 valence electrons. The molecule has 4 rings (SSSR count). The zero-order valence-corrected chi connectivity index (χ0v) is 14.9. The highest BCUT2D eigenvalue weighted by molar-refractivity contribution is 5.93. The molecule has 0 aliphatic carbocycles. The molecule has 0 N–H and O–H groups in total. The normalized spacial score (nSPS) is 12.4. The van der Waals surface area contributed by atoms with Crippen molar-refractivity contribution in [3.8, 4) is 11.5 Å². The first-order valence-corrected chi connectivity index (χ1v) is 8.91. The molecule has 1 aliphatic rings. The van der Waals surface area contributed by atoms with Crippen LogP contribution < -0.4 is 9.47 Å². The Labute approximate surface area is 158 Å². The third-order valence-electron chi connectivity index (χ3n) is 4.39. The van der Waals surface area contributed by atoms with E-state index in [9.17, 15) is 4.79 Å². The van der Waals surface area contributed by atoms with Gasteiger partial charge in [-0.15, -0.1) is 0 Å². The third kappa shape index (κ3) is 4.08. The number of ether oxygens (including phenoxy) is 2. The van der Waals surface area contributed by atoms with Crippen molar-refractivity contribution in [3.05, 3.63) is 89.7 Å². The van der Waals surface area contributed by atoms with E-state index in [-0.39, 0.29) is 5.91 Å². The second kappa shape index (κ2) is 7.91. The molecule has 0 spiro atoms. The Kier molecular flexibility index (Phi) is 5.01. The number of carbonyl (C=O) groups excluding carboxylic acids is 1. The number of rotatable bonds is 5. The van der Waals surface area contributed by atoms with Crippen molar-refractivity contribution in [2.75, 3.05) is 13.2 Å². The molecule has 0 fully saturated rings. The van der Waals surface area contributed by atoms with Crippen molar-refractivity contribution in [1.29, 1.82) is 0 Å². The van der Waals surface area contributed by atoms with E-state index < -0.39 is 0 Å². The average molecular weight is 360 g/mol. The number of carbonyl (C=O) groups is 1. The van der Waals surface area contributed by atoms with Gasteiger partial charge in [-0.3, -0.25) is 9.78 Å². The summed E-state index contributed by atoms with van der Waals surface area (Å²) in [6.45, 7) is 2.09. The third-order valence-corrected chi connectivity index (χ3v) is 4.39. The van der Waals surface area contributed by atoms with Gasteiger partial charge < -0.3 is 14.4 Å². The van der Waals surface area contributed by atoms with Gasteiger partial charge in [-0.2, -0.15) is 0 Å². The molecule has 27 heavy (non-hydrogen) atoms.